The Balaban J connectivity index is -0.0000000723. The Kier molecular flexibility index (Phi) is 26.6. The normalized spacial score (nSPS) is 10.8. The van der Waals surface area contributed by atoms with E-state index in [0.717, 1.165) is 6.42 Å². The number of allylic oxidation sites excluding steroid dienone is 4. The molecule has 0 aromatic heterocycles. The van der Waals surface area contributed by atoms with Gasteiger partial charge in [0.05, 0.1) is 0 Å². The molecule has 1 aliphatic rings. The fourth-order valence-corrected chi connectivity index (χ4v) is 1.68. The maximum Gasteiger partial charge on any atom is 0 e. The molecule has 0 unspecified atom stereocenters. The van der Waals surface area contributed by atoms with Gasteiger partial charge in [-0.3, -0.25) is 6.08 Å². The smallest absolute Gasteiger partial charge is 0 e. The number of rotatable bonds is 0. The summed E-state index contributed by atoms with van der Waals surface area (Å²) in [7, 11) is 0. The van der Waals surface area contributed by atoms with Crippen molar-refractivity contribution in [2.24, 2.45) is 0 Å². The van der Waals surface area contributed by atoms with E-state index in [9.17, 15) is 0 Å². The van der Waals surface area contributed by atoms with Gasteiger partial charge in [-0.2, -0.15) is 41.5 Å². The molecule has 0 nitrogen and oxygen atoms in total. The van der Waals surface area contributed by atoms with Gasteiger partial charge >= 0.3 is 0 Å². The minimum absolute atomic E-state index is 0. The third kappa shape index (κ3) is 15.4. The average Bonchev–Trinajstić information content (AvgIpc) is 2.85. The van der Waals surface area contributed by atoms with Crippen LogP contribution < -0.4 is 0 Å². The average molecular weight is 377 g/mol. The first kappa shape index (κ1) is 39.5. The molecule has 1 aliphatic carbocycles. The largest absolute Gasteiger partial charge is 0.358 e. The van der Waals surface area contributed by atoms with Crippen LogP contribution in [0.1, 0.15) is 59.1 Å². The summed E-state index contributed by atoms with van der Waals surface area (Å²) in [6, 6.07) is 9.98. The molecule has 1 heteroatoms. The molecule has 0 saturated carbocycles. The monoisotopic (exact) mass is 377 g/mol. The molecule has 148 valence electrons. The van der Waals surface area contributed by atoms with Crippen LogP contribution in [0.25, 0.3) is 0 Å². The van der Waals surface area contributed by atoms with E-state index >= 15 is 0 Å². The molecular weight excluding hydrogens is 336 g/mol. The van der Waals surface area contributed by atoms with Gasteiger partial charge in [-0.15, -0.1) is 6.42 Å². The zero-order valence-corrected chi connectivity index (χ0v) is 20.2. The molecule has 0 heterocycles. The summed E-state index contributed by atoms with van der Waals surface area (Å²) in [5, 5.41) is 0. The zero-order chi connectivity index (χ0) is 14.5. The van der Waals surface area contributed by atoms with Crippen LogP contribution >= 0.6 is 0 Å². The van der Waals surface area contributed by atoms with Crippen molar-refractivity contribution >= 4 is 0 Å². The van der Waals surface area contributed by atoms with Gasteiger partial charge in [0.25, 0.3) is 0 Å². The van der Waals surface area contributed by atoms with Crippen LogP contribution in [-0.4, -0.2) is 0 Å². The van der Waals surface area contributed by atoms with Crippen LogP contribution in [0.3, 0.4) is 0 Å². The molecule has 0 spiro atoms. The fourth-order valence-electron chi connectivity index (χ4n) is 1.68. The molecule has 2 rings (SSSR count). The molecule has 1 aromatic rings. The van der Waals surface area contributed by atoms with E-state index in [1.807, 2.05) is 12.2 Å². The maximum atomic E-state index is 3.52. The second kappa shape index (κ2) is 16.9. The van der Waals surface area contributed by atoms with Gasteiger partial charge in [-0.05, 0) is 10.8 Å². The van der Waals surface area contributed by atoms with E-state index in [-0.39, 0.29) is 69.7 Å². The summed E-state index contributed by atoms with van der Waals surface area (Å²) in [4.78, 5) is 0. The molecule has 0 N–H and O–H groups in total. The maximum absolute atomic E-state index is 3.52. The predicted octanol–water partition coefficient (Wildman–Crippen LogP) is 7.64. The van der Waals surface area contributed by atoms with Crippen molar-refractivity contribution in [2.45, 2.75) is 58.8 Å². The van der Waals surface area contributed by atoms with Crippen LogP contribution in [0.5, 0.6) is 0 Å². The van der Waals surface area contributed by atoms with Crippen LogP contribution in [-0.2, 0) is 32.5 Å². The second-order valence-electron chi connectivity index (χ2n) is 6.98. The van der Waals surface area contributed by atoms with Crippen LogP contribution in [0.2, 0.25) is 0 Å². The van der Waals surface area contributed by atoms with E-state index in [4.69, 9.17) is 0 Å². The zero-order valence-electron chi connectivity index (χ0n) is 18.7. The molecule has 0 atom stereocenters. The Hall–Kier alpha value is -0.586. The minimum Gasteiger partial charge on any atom is -0.358 e. The molecule has 0 bridgehead atoms. The summed E-state index contributed by atoms with van der Waals surface area (Å²) in [6.07, 6.45) is 10.0. The molecule has 0 fully saturated rings. The Labute approximate surface area is 177 Å². The van der Waals surface area contributed by atoms with E-state index in [0.29, 0.717) is 0 Å². The SMILES string of the molecule is CC(C)(C)c1[c-]c(C(C)(C)C)ccc1.[C-]1=CC=CC1.[CH3-].[CH3-].[CH3-].[CH3-].[CH3-].[Ti]. The third-order valence-electron chi connectivity index (χ3n) is 3.00. The summed E-state index contributed by atoms with van der Waals surface area (Å²) in [5.74, 6) is 0. The molecule has 1 aromatic carbocycles. The number of hydrogen-bond donors (Lipinski definition) is 0. The van der Waals surface area contributed by atoms with Crippen molar-refractivity contribution in [1.82, 2.24) is 0 Å². The summed E-state index contributed by atoms with van der Waals surface area (Å²) >= 11 is 0. The Morgan fingerprint density at radius 1 is 0.760 bits per heavy atom. The van der Waals surface area contributed by atoms with Crippen molar-refractivity contribution in [3.8, 4) is 0 Å². The molecule has 0 saturated heterocycles. The number of benzene rings is 1. The molecule has 25 heavy (non-hydrogen) atoms. The third-order valence-corrected chi connectivity index (χ3v) is 3.00. The van der Waals surface area contributed by atoms with E-state index in [1.165, 1.54) is 11.1 Å². The molecular formula is C24H41Ti-7. The van der Waals surface area contributed by atoms with Gasteiger partial charge in [-0.1, -0.05) is 41.5 Å². The van der Waals surface area contributed by atoms with Crippen LogP contribution in [0.4, 0.5) is 0 Å². The van der Waals surface area contributed by atoms with Crippen molar-refractivity contribution in [3.63, 3.8) is 0 Å². The van der Waals surface area contributed by atoms with Gasteiger partial charge in [0, 0.05) is 21.7 Å². The van der Waals surface area contributed by atoms with E-state index < -0.39 is 0 Å². The quantitative estimate of drug-likeness (QED) is 0.322. The number of hydrogen-bond acceptors (Lipinski definition) is 0. The van der Waals surface area contributed by atoms with Crippen molar-refractivity contribution in [2.75, 3.05) is 0 Å². The standard InChI is InChI=1S/C14H21.C5H5.5CH3.Ti/c1-13(2,3)11-8-7-9-12(10-11)14(4,5)6;1-2-4-5-3-1;;;;;;/h7-9H,1-6H3;1-3H,4H2;5*1H3;/q7*-1;. The van der Waals surface area contributed by atoms with Crippen LogP contribution in [0, 0.1) is 49.3 Å². The summed E-state index contributed by atoms with van der Waals surface area (Å²) in [5.41, 5.74) is 2.98. The van der Waals surface area contributed by atoms with Crippen molar-refractivity contribution < 1.29 is 21.7 Å². The van der Waals surface area contributed by atoms with E-state index in [1.54, 1.807) is 0 Å². The van der Waals surface area contributed by atoms with Gasteiger partial charge < -0.3 is 37.1 Å². The van der Waals surface area contributed by atoms with E-state index in [2.05, 4.69) is 78.0 Å². The Morgan fingerprint density at radius 3 is 1.36 bits per heavy atom. The summed E-state index contributed by atoms with van der Waals surface area (Å²) < 4.78 is 0. The van der Waals surface area contributed by atoms with Gasteiger partial charge in [-0.25, -0.2) is 12.2 Å². The second-order valence-corrected chi connectivity index (χ2v) is 6.98. The van der Waals surface area contributed by atoms with Gasteiger partial charge in [0.15, 0.2) is 0 Å². The van der Waals surface area contributed by atoms with Gasteiger partial charge in [0.1, 0.15) is 0 Å². The first-order valence-corrected chi connectivity index (χ1v) is 6.96. The topological polar surface area (TPSA) is 0 Å². The van der Waals surface area contributed by atoms with Gasteiger partial charge in [0.2, 0.25) is 0 Å². The Morgan fingerprint density at radius 2 is 1.16 bits per heavy atom. The Bertz CT molecular complexity index is 414. The fraction of sp³-hybridized carbons (Fsp3) is 0.375. The first-order chi connectivity index (χ1) is 8.71. The minimum atomic E-state index is 0. The van der Waals surface area contributed by atoms with Crippen LogP contribution in [0.15, 0.2) is 36.4 Å². The first-order valence-electron chi connectivity index (χ1n) is 6.96. The molecule has 0 radical (unpaired) electrons. The molecule has 0 amide bonds. The van der Waals surface area contributed by atoms with Crippen molar-refractivity contribution in [1.29, 1.82) is 0 Å². The summed E-state index contributed by atoms with van der Waals surface area (Å²) in [6.45, 7) is 13.4. The molecule has 0 aliphatic heterocycles. The predicted molar refractivity (Wildman–Crippen MR) is 116 cm³/mol. The van der Waals surface area contributed by atoms with Crippen molar-refractivity contribution in [3.05, 3.63) is 96.8 Å².